The number of hydrogen-bond donors (Lipinski definition) is 1. The minimum Gasteiger partial charge on any atom is -0.473 e. The van der Waals surface area contributed by atoms with E-state index in [4.69, 9.17) is 14.4 Å². The van der Waals surface area contributed by atoms with Crippen LogP contribution >= 0.6 is 0 Å². The standard InChI is InChI=1S/C23H25F2N7O4S/c1-11(2)21-29-22(36-31-21)12-4-6-13(7-5-12)35-23-19-18(27-10-28-23)20(32(3)30-19)14-8-16(25)17(9-15(14)24)37(26,33)34/h8-13H,4-7H2,1-3H3,(H2,26,33,34). The molecule has 4 aromatic rings. The highest BCUT2D eigenvalue weighted by Crippen LogP contribution is 2.37. The molecule has 2 N–H and O–H groups in total. The Morgan fingerprint density at radius 2 is 1.84 bits per heavy atom. The van der Waals surface area contributed by atoms with Gasteiger partial charge in [0.15, 0.2) is 11.3 Å². The van der Waals surface area contributed by atoms with Gasteiger partial charge in [-0.3, -0.25) is 4.68 Å². The molecule has 1 aromatic carbocycles. The number of nitrogens with zero attached hydrogens (tertiary/aromatic N) is 6. The third-order valence-corrected chi connectivity index (χ3v) is 7.37. The lowest BCUT2D eigenvalue weighted by atomic mass is 9.87. The van der Waals surface area contributed by atoms with Gasteiger partial charge in [0.05, 0.1) is 5.69 Å². The summed E-state index contributed by atoms with van der Waals surface area (Å²) < 4.78 is 65.4. The van der Waals surface area contributed by atoms with Crippen LogP contribution in [0.15, 0.2) is 27.9 Å². The molecule has 0 aliphatic heterocycles. The Morgan fingerprint density at radius 1 is 1.11 bits per heavy atom. The summed E-state index contributed by atoms with van der Waals surface area (Å²) in [7, 11) is -2.90. The lowest BCUT2D eigenvalue weighted by Gasteiger charge is -2.26. The lowest BCUT2D eigenvalue weighted by Crippen LogP contribution is -2.24. The molecule has 196 valence electrons. The minimum absolute atomic E-state index is 0.140. The van der Waals surface area contributed by atoms with Gasteiger partial charge in [0.1, 0.15) is 34.5 Å². The van der Waals surface area contributed by atoms with Crippen LogP contribution in [0.3, 0.4) is 0 Å². The number of primary sulfonamides is 1. The molecular formula is C23H25F2N7O4S. The summed E-state index contributed by atoms with van der Waals surface area (Å²) in [6.07, 6.45) is 4.16. The van der Waals surface area contributed by atoms with Crippen molar-refractivity contribution in [3.05, 3.63) is 41.8 Å². The smallest absolute Gasteiger partial charge is 0.245 e. The summed E-state index contributed by atoms with van der Waals surface area (Å²) in [6, 6.07) is 1.31. The van der Waals surface area contributed by atoms with Gasteiger partial charge >= 0.3 is 0 Å². The summed E-state index contributed by atoms with van der Waals surface area (Å²) in [5.41, 5.74) is 0.423. The van der Waals surface area contributed by atoms with E-state index in [0.717, 1.165) is 31.7 Å². The summed E-state index contributed by atoms with van der Waals surface area (Å²) >= 11 is 0. The van der Waals surface area contributed by atoms with Crippen molar-refractivity contribution in [2.24, 2.45) is 12.2 Å². The average molecular weight is 534 g/mol. The van der Waals surface area contributed by atoms with E-state index >= 15 is 0 Å². The highest BCUT2D eigenvalue weighted by Gasteiger charge is 2.30. The van der Waals surface area contributed by atoms with E-state index in [1.807, 2.05) is 13.8 Å². The molecule has 1 aliphatic carbocycles. The number of ether oxygens (including phenoxy) is 1. The van der Waals surface area contributed by atoms with E-state index in [9.17, 15) is 17.2 Å². The van der Waals surface area contributed by atoms with Crippen molar-refractivity contribution in [2.75, 3.05) is 0 Å². The minimum atomic E-state index is -4.44. The zero-order chi connectivity index (χ0) is 26.5. The predicted molar refractivity (Wildman–Crippen MR) is 127 cm³/mol. The third kappa shape index (κ3) is 4.78. The highest BCUT2D eigenvalue weighted by molar-refractivity contribution is 7.89. The summed E-state index contributed by atoms with van der Waals surface area (Å²) in [5.74, 6) is -0.269. The monoisotopic (exact) mass is 533 g/mol. The third-order valence-electron chi connectivity index (χ3n) is 6.45. The molecular weight excluding hydrogens is 508 g/mol. The number of nitrogens with two attached hydrogens (primary N) is 1. The molecule has 0 unspecified atom stereocenters. The zero-order valence-corrected chi connectivity index (χ0v) is 21.2. The number of sulfonamides is 1. The molecule has 0 radical (unpaired) electrons. The second-order valence-corrected chi connectivity index (χ2v) is 10.9. The first-order chi connectivity index (χ1) is 17.5. The predicted octanol–water partition coefficient (Wildman–Crippen LogP) is 3.57. The topological polar surface area (TPSA) is 152 Å². The van der Waals surface area contributed by atoms with E-state index in [2.05, 4.69) is 25.2 Å². The Hall–Kier alpha value is -3.52. The Balaban J connectivity index is 1.39. The Labute approximate surface area is 211 Å². The van der Waals surface area contributed by atoms with Crippen LogP contribution in [0.2, 0.25) is 0 Å². The summed E-state index contributed by atoms with van der Waals surface area (Å²) in [6.45, 7) is 4.02. The second kappa shape index (κ2) is 9.41. The Bertz CT molecular complexity index is 1580. The summed E-state index contributed by atoms with van der Waals surface area (Å²) in [4.78, 5) is 12.0. The van der Waals surface area contributed by atoms with Crippen molar-refractivity contribution in [1.82, 2.24) is 29.9 Å². The van der Waals surface area contributed by atoms with Crippen LogP contribution in [0.25, 0.3) is 22.3 Å². The molecule has 11 nitrogen and oxygen atoms in total. The van der Waals surface area contributed by atoms with Gasteiger partial charge in [0.2, 0.25) is 21.8 Å². The van der Waals surface area contributed by atoms with Crippen LogP contribution < -0.4 is 9.88 Å². The molecule has 5 rings (SSSR count). The maximum Gasteiger partial charge on any atom is 0.245 e. The van der Waals surface area contributed by atoms with Crippen molar-refractivity contribution < 1.29 is 26.5 Å². The molecule has 0 saturated heterocycles. The molecule has 0 bridgehead atoms. The van der Waals surface area contributed by atoms with Gasteiger partial charge in [-0.05, 0) is 37.8 Å². The molecule has 3 aromatic heterocycles. The maximum atomic E-state index is 14.9. The first kappa shape index (κ1) is 25.1. The van der Waals surface area contributed by atoms with Crippen molar-refractivity contribution in [3.8, 4) is 17.1 Å². The first-order valence-electron chi connectivity index (χ1n) is 11.7. The van der Waals surface area contributed by atoms with Crippen molar-refractivity contribution in [2.45, 2.75) is 62.4 Å². The van der Waals surface area contributed by atoms with Gasteiger partial charge in [-0.15, -0.1) is 0 Å². The number of hydrogen-bond acceptors (Lipinski definition) is 9. The fourth-order valence-corrected chi connectivity index (χ4v) is 5.13. The molecule has 37 heavy (non-hydrogen) atoms. The fourth-order valence-electron chi connectivity index (χ4n) is 4.53. The van der Waals surface area contributed by atoms with Crippen LogP contribution in [-0.4, -0.2) is 44.4 Å². The quantitative estimate of drug-likeness (QED) is 0.392. The van der Waals surface area contributed by atoms with Crippen LogP contribution in [0.1, 0.15) is 63.1 Å². The molecule has 1 saturated carbocycles. The van der Waals surface area contributed by atoms with Gasteiger partial charge in [0.25, 0.3) is 0 Å². The van der Waals surface area contributed by atoms with Crippen LogP contribution in [0, 0.1) is 11.6 Å². The average Bonchev–Trinajstić information content (AvgIpc) is 3.46. The molecule has 0 amide bonds. The number of fused-ring (bicyclic) bond motifs is 1. The van der Waals surface area contributed by atoms with E-state index in [1.165, 1.54) is 18.1 Å². The molecule has 3 heterocycles. The zero-order valence-electron chi connectivity index (χ0n) is 20.4. The fraction of sp³-hybridized carbons (Fsp3) is 0.435. The number of benzene rings is 1. The van der Waals surface area contributed by atoms with Gasteiger partial charge in [-0.25, -0.2) is 27.3 Å². The van der Waals surface area contributed by atoms with Crippen molar-refractivity contribution in [1.29, 1.82) is 0 Å². The Morgan fingerprint density at radius 3 is 2.49 bits per heavy atom. The van der Waals surface area contributed by atoms with Gasteiger partial charge < -0.3 is 9.26 Å². The molecule has 14 heteroatoms. The van der Waals surface area contributed by atoms with E-state index in [1.54, 1.807) is 0 Å². The normalized spacial score (nSPS) is 18.6. The number of aryl methyl sites for hydroxylation is 1. The molecule has 1 fully saturated rings. The molecule has 0 spiro atoms. The number of halogens is 2. The summed E-state index contributed by atoms with van der Waals surface area (Å²) in [5, 5.41) is 13.4. The molecule has 0 atom stereocenters. The number of aromatic nitrogens is 6. The SMILES string of the molecule is CC(C)c1noc(C2CCC(Oc3ncnc4c(-c5cc(F)c(S(N)(=O)=O)cc5F)n(C)nc34)CC2)n1. The highest BCUT2D eigenvalue weighted by atomic mass is 32.2. The van der Waals surface area contributed by atoms with E-state index < -0.39 is 26.6 Å². The van der Waals surface area contributed by atoms with E-state index in [0.29, 0.717) is 17.8 Å². The van der Waals surface area contributed by atoms with Crippen LogP contribution in [-0.2, 0) is 17.1 Å². The first-order valence-corrected chi connectivity index (χ1v) is 13.3. The van der Waals surface area contributed by atoms with Gasteiger partial charge in [-0.1, -0.05) is 19.0 Å². The number of rotatable bonds is 6. The molecule has 1 aliphatic rings. The van der Waals surface area contributed by atoms with E-state index in [-0.39, 0.29) is 46.1 Å². The van der Waals surface area contributed by atoms with Crippen LogP contribution in [0.4, 0.5) is 8.78 Å². The largest absolute Gasteiger partial charge is 0.473 e. The van der Waals surface area contributed by atoms with Crippen LogP contribution in [0.5, 0.6) is 5.88 Å². The Kier molecular flexibility index (Phi) is 6.40. The van der Waals surface area contributed by atoms with Crippen molar-refractivity contribution >= 4 is 21.1 Å². The maximum absolute atomic E-state index is 14.9. The van der Waals surface area contributed by atoms with Gasteiger partial charge in [0, 0.05) is 24.4 Å². The second-order valence-electron chi connectivity index (χ2n) is 9.39. The lowest BCUT2D eigenvalue weighted by molar-refractivity contribution is 0.135. The van der Waals surface area contributed by atoms with Gasteiger partial charge in [-0.2, -0.15) is 15.1 Å². The van der Waals surface area contributed by atoms with Crippen molar-refractivity contribution in [3.63, 3.8) is 0 Å².